The molecule has 3 rings (SSSR count). The number of aromatic nitrogens is 3. The number of amides is 1. The molecule has 0 aliphatic carbocycles. The van der Waals surface area contributed by atoms with Crippen molar-refractivity contribution in [1.29, 1.82) is 0 Å². The average Bonchev–Trinajstić information content (AvgIpc) is 2.93. The van der Waals surface area contributed by atoms with Crippen LogP contribution in [0.4, 0.5) is 10.1 Å². The maximum absolute atomic E-state index is 13.3. The molecule has 0 atom stereocenters. The van der Waals surface area contributed by atoms with Crippen molar-refractivity contribution >= 4 is 24.0 Å². The van der Waals surface area contributed by atoms with Gasteiger partial charge in [-0.25, -0.2) is 9.07 Å². The number of hydrogen-bond acceptors (Lipinski definition) is 4. The molecule has 2 aromatic rings. The van der Waals surface area contributed by atoms with E-state index in [1.54, 1.807) is 13.0 Å². The zero-order valence-electron chi connectivity index (χ0n) is 13.7. The summed E-state index contributed by atoms with van der Waals surface area (Å²) in [5, 5.41) is 14.2. The lowest BCUT2D eigenvalue weighted by atomic mass is 10.1. The Bertz CT molecular complexity index is 727. The number of benzene rings is 1. The number of carbonyl (C=O) groups excluding carboxylic acids is 1. The maximum Gasteiger partial charge on any atom is 0.278 e. The van der Waals surface area contributed by atoms with Gasteiger partial charge in [-0.2, -0.15) is 0 Å². The predicted octanol–water partition coefficient (Wildman–Crippen LogP) is 2.63. The molecule has 1 amide bonds. The number of anilines is 1. The summed E-state index contributed by atoms with van der Waals surface area (Å²) in [6.45, 7) is 5.40. The van der Waals surface area contributed by atoms with Crippen LogP contribution >= 0.6 is 12.4 Å². The summed E-state index contributed by atoms with van der Waals surface area (Å²) in [5.74, 6) is -0.621. The van der Waals surface area contributed by atoms with Gasteiger partial charge in [-0.05, 0) is 63.5 Å². The molecule has 1 aliphatic heterocycles. The summed E-state index contributed by atoms with van der Waals surface area (Å²) >= 11 is 0. The van der Waals surface area contributed by atoms with Crippen molar-refractivity contribution in [2.45, 2.75) is 32.7 Å². The molecule has 0 bridgehead atoms. The summed E-state index contributed by atoms with van der Waals surface area (Å²) in [4.78, 5) is 12.4. The Morgan fingerprint density at radius 1 is 1.33 bits per heavy atom. The van der Waals surface area contributed by atoms with Crippen LogP contribution in [-0.4, -0.2) is 34.0 Å². The number of rotatable bonds is 3. The highest BCUT2D eigenvalue weighted by molar-refractivity contribution is 6.03. The van der Waals surface area contributed by atoms with Crippen molar-refractivity contribution in [1.82, 2.24) is 20.3 Å². The average molecular weight is 354 g/mol. The quantitative estimate of drug-likeness (QED) is 0.889. The van der Waals surface area contributed by atoms with Gasteiger partial charge < -0.3 is 10.6 Å². The Kier molecular flexibility index (Phi) is 5.90. The van der Waals surface area contributed by atoms with Crippen LogP contribution in [0, 0.1) is 19.7 Å². The number of nitrogens with one attached hydrogen (secondary N) is 2. The molecule has 2 N–H and O–H groups in total. The van der Waals surface area contributed by atoms with Crippen LogP contribution in [0.2, 0.25) is 0 Å². The highest BCUT2D eigenvalue weighted by Crippen LogP contribution is 2.21. The SMILES string of the molecule is Cc1cc(NC(=O)c2nnn(C3CCNCC3)c2C)ccc1F.Cl. The van der Waals surface area contributed by atoms with E-state index in [-0.39, 0.29) is 30.2 Å². The van der Waals surface area contributed by atoms with Crippen molar-refractivity contribution in [2.24, 2.45) is 0 Å². The van der Waals surface area contributed by atoms with Crippen molar-refractivity contribution in [3.8, 4) is 0 Å². The summed E-state index contributed by atoms with van der Waals surface area (Å²) in [6, 6.07) is 4.74. The fraction of sp³-hybridized carbons (Fsp3) is 0.438. The lowest BCUT2D eigenvalue weighted by molar-refractivity contribution is 0.102. The minimum Gasteiger partial charge on any atom is -0.321 e. The molecule has 24 heavy (non-hydrogen) atoms. The van der Waals surface area contributed by atoms with Gasteiger partial charge in [-0.3, -0.25) is 4.79 Å². The Morgan fingerprint density at radius 3 is 2.71 bits per heavy atom. The normalized spacial score (nSPS) is 15.0. The first-order valence-electron chi connectivity index (χ1n) is 7.76. The second-order valence-corrected chi connectivity index (χ2v) is 5.87. The zero-order chi connectivity index (χ0) is 16.4. The largest absolute Gasteiger partial charge is 0.321 e. The van der Waals surface area contributed by atoms with E-state index >= 15 is 0 Å². The molecule has 130 valence electrons. The molecule has 1 fully saturated rings. The smallest absolute Gasteiger partial charge is 0.278 e. The second-order valence-electron chi connectivity index (χ2n) is 5.87. The predicted molar refractivity (Wildman–Crippen MR) is 92.2 cm³/mol. The Morgan fingerprint density at radius 2 is 2.04 bits per heavy atom. The van der Waals surface area contributed by atoms with E-state index in [4.69, 9.17) is 0 Å². The van der Waals surface area contributed by atoms with Crippen LogP contribution < -0.4 is 10.6 Å². The minimum atomic E-state index is -0.325. The first kappa shape index (κ1) is 18.4. The maximum atomic E-state index is 13.3. The van der Waals surface area contributed by atoms with E-state index in [2.05, 4.69) is 20.9 Å². The highest BCUT2D eigenvalue weighted by Gasteiger charge is 2.23. The number of carbonyl (C=O) groups is 1. The monoisotopic (exact) mass is 353 g/mol. The Hall–Kier alpha value is -1.99. The van der Waals surface area contributed by atoms with Gasteiger partial charge >= 0.3 is 0 Å². The number of aryl methyl sites for hydroxylation is 1. The van der Waals surface area contributed by atoms with Crippen LogP contribution in [0.3, 0.4) is 0 Å². The molecule has 1 aromatic heterocycles. The molecule has 1 aromatic carbocycles. The number of halogens is 2. The van der Waals surface area contributed by atoms with Crippen LogP contribution in [-0.2, 0) is 0 Å². The van der Waals surface area contributed by atoms with Gasteiger partial charge in [0.2, 0.25) is 0 Å². The summed E-state index contributed by atoms with van der Waals surface area (Å²) in [7, 11) is 0. The van der Waals surface area contributed by atoms with Gasteiger partial charge in [0.15, 0.2) is 5.69 Å². The second kappa shape index (κ2) is 7.72. The van der Waals surface area contributed by atoms with Crippen molar-refractivity contribution in [3.63, 3.8) is 0 Å². The molecule has 8 heteroatoms. The molecule has 1 saturated heterocycles. The number of piperidine rings is 1. The lowest BCUT2D eigenvalue weighted by Crippen LogP contribution is -2.30. The molecular formula is C16H21ClFN5O. The zero-order valence-corrected chi connectivity index (χ0v) is 14.5. The third-order valence-electron chi connectivity index (χ3n) is 4.21. The molecule has 0 radical (unpaired) electrons. The third-order valence-corrected chi connectivity index (χ3v) is 4.21. The van der Waals surface area contributed by atoms with Gasteiger partial charge in [-0.1, -0.05) is 5.21 Å². The number of hydrogen-bond donors (Lipinski definition) is 2. The standard InChI is InChI=1S/C16H20FN5O.ClH/c1-10-9-12(3-4-14(10)17)19-16(23)15-11(2)22(21-20-15)13-5-7-18-8-6-13;/h3-4,9,13,18H,5-8H2,1-2H3,(H,19,23);1H. The fourth-order valence-corrected chi connectivity index (χ4v) is 2.86. The van der Waals surface area contributed by atoms with Crippen molar-refractivity contribution < 1.29 is 9.18 Å². The van der Waals surface area contributed by atoms with Gasteiger partial charge in [0, 0.05) is 5.69 Å². The van der Waals surface area contributed by atoms with E-state index in [1.807, 2.05) is 11.6 Å². The van der Waals surface area contributed by atoms with E-state index < -0.39 is 0 Å². The first-order valence-corrected chi connectivity index (χ1v) is 7.76. The van der Waals surface area contributed by atoms with Crippen LogP contribution in [0.15, 0.2) is 18.2 Å². The topological polar surface area (TPSA) is 71.8 Å². The Balaban J connectivity index is 0.00000208. The summed E-state index contributed by atoms with van der Waals surface area (Å²) in [6.07, 6.45) is 1.95. The molecule has 1 aliphatic rings. The molecule has 0 saturated carbocycles. The number of nitrogens with zero attached hydrogens (tertiary/aromatic N) is 3. The Labute approximate surface area is 146 Å². The van der Waals surface area contributed by atoms with E-state index in [0.717, 1.165) is 31.6 Å². The summed E-state index contributed by atoms with van der Waals surface area (Å²) in [5.41, 5.74) is 2.10. The summed E-state index contributed by atoms with van der Waals surface area (Å²) < 4.78 is 15.1. The highest BCUT2D eigenvalue weighted by atomic mass is 35.5. The van der Waals surface area contributed by atoms with Crippen LogP contribution in [0.25, 0.3) is 0 Å². The fourth-order valence-electron chi connectivity index (χ4n) is 2.86. The van der Waals surface area contributed by atoms with Gasteiger partial charge in [0.25, 0.3) is 5.91 Å². The van der Waals surface area contributed by atoms with Gasteiger partial charge in [0.1, 0.15) is 5.82 Å². The van der Waals surface area contributed by atoms with Crippen molar-refractivity contribution in [2.75, 3.05) is 18.4 Å². The van der Waals surface area contributed by atoms with Gasteiger partial charge in [-0.15, -0.1) is 17.5 Å². The molecular weight excluding hydrogens is 333 g/mol. The minimum absolute atomic E-state index is 0. The van der Waals surface area contributed by atoms with Crippen molar-refractivity contribution in [3.05, 3.63) is 41.0 Å². The first-order chi connectivity index (χ1) is 11.1. The van der Waals surface area contributed by atoms with E-state index in [9.17, 15) is 9.18 Å². The molecule has 2 heterocycles. The van der Waals surface area contributed by atoms with Gasteiger partial charge in [0.05, 0.1) is 11.7 Å². The van der Waals surface area contributed by atoms with Crippen LogP contribution in [0.5, 0.6) is 0 Å². The lowest BCUT2D eigenvalue weighted by Gasteiger charge is -2.23. The van der Waals surface area contributed by atoms with E-state index in [1.165, 1.54) is 12.1 Å². The van der Waals surface area contributed by atoms with Crippen LogP contribution in [0.1, 0.15) is 40.6 Å². The van der Waals surface area contributed by atoms with E-state index in [0.29, 0.717) is 16.9 Å². The molecule has 6 nitrogen and oxygen atoms in total. The molecule has 0 spiro atoms. The third kappa shape index (κ3) is 3.73. The molecule has 0 unspecified atom stereocenters.